The number of fused-ring (bicyclic) bond motifs is 5. The third kappa shape index (κ3) is 3.16. The average Bonchev–Trinajstić information content (AvgIpc) is 2.97. The lowest BCUT2D eigenvalue weighted by Gasteiger charge is -2.61. The van der Waals surface area contributed by atoms with E-state index in [9.17, 15) is 9.90 Å². The third-order valence-electron chi connectivity index (χ3n) is 10.2. The van der Waals surface area contributed by atoms with Crippen LogP contribution in [0.15, 0.2) is 0 Å². The molecule has 3 unspecified atom stereocenters. The van der Waals surface area contributed by atoms with Gasteiger partial charge in [0.1, 0.15) is 0 Å². The van der Waals surface area contributed by atoms with E-state index in [2.05, 4.69) is 20.8 Å². The first kappa shape index (κ1) is 19.7. The lowest BCUT2D eigenvalue weighted by Crippen LogP contribution is -2.54. The van der Waals surface area contributed by atoms with Gasteiger partial charge in [-0.1, -0.05) is 20.8 Å². The van der Waals surface area contributed by atoms with E-state index in [0.29, 0.717) is 29.1 Å². The maximum atomic E-state index is 11.0. The third-order valence-corrected chi connectivity index (χ3v) is 10.2. The van der Waals surface area contributed by atoms with Crippen molar-refractivity contribution in [3.05, 3.63) is 0 Å². The normalized spacial score (nSPS) is 50.4. The van der Waals surface area contributed by atoms with Crippen LogP contribution >= 0.6 is 0 Å². The summed E-state index contributed by atoms with van der Waals surface area (Å²) < 4.78 is 0. The highest BCUT2D eigenvalue weighted by Gasteiger charge is 2.60. The second-order valence-corrected chi connectivity index (χ2v) is 11.2. The zero-order valence-electron chi connectivity index (χ0n) is 17.6. The number of aliphatic hydroxyl groups excluding tert-OH is 1. The summed E-state index contributed by atoms with van der Waals surface area (Å²) in [4.78, 5) is 11.0. The topological polar surface area (TPSA) is 57.5 Å². The van der Waals surface area contributed by atoms with Crippen LogP contribution in [-0.4, -0.2) is 22.3 Å². The van der Waals surface area contributed by atoms with Crippen molar-refractivity contribution in [3.63, 3.8) is 0 Å². The van der Waals surface area contributed by atoms with Crippen LogP contribution in [-0.2, 0) is 4.79 Å². The molecule has 0 amide bonds. The van der Waals surface area contributed by atoms with E-state index < -0.39 is 5.97 Å². The minimum atomic E-state index is -0.643. The first-order chi connectivity index (χ1) is 12.8. The zero-order valence-corrected chi connectivity index (χ0v) is 17.6. The van der Waals surface area contributed by atoms with E-state index >= 15 is 0 Å². The van der Waals surface area contributed by atoms with Crippen LogP contribution in [0.5, 0.6) is 0 Å². The first-order valence-corrected chi connectivity index (χ1v) is 11.7. The van der Waals surface area contributed by atoms with Gasteiger partial charge in [0.05, 0.1) is 6.10 Å². The maximum Gasteiger partial charge on any atom is 0.303 e. The van der Waals surface area contributed by atoms with E-state index in [0.717, 1.165) is 42.9 Å². The molecule has 0 bridgehead atoms. The minimum absolute atomic E-state index is 0.0561. The van der Waals surface area contributed by atoms with Crippen LogP contribution in [0, 0.1) is 46.3 Å². The number of carboxylic acid groups (broad SMARTS) is 1. The number of rotatable bonds is 4. The fourth-order valence-electron chi connectivity index (χ4n) is 8.76. The highest BCUT2D eigenvalue weighted by molar-refractivity contribution is 5.66. The second-order valence-electron chi connectivity index (χ2n) is 11.2. The van der Waals surface area contributed by atoms with Gasteiger partial charge in [0.25, 0.3) is 0 Å². The molecule has 4 fully saturated rings. The molecule has 27 heavy (non-hydrogen) atoms. The number of aliphatic carboxylic acids is 1. The van der Waals surface area contributed by atoms with Crippen LogP contribution < -0.4 is 0 Å². The van der Waals surface area contributed by atoms with Gasteiger partial charge >= 0.3 is 5.97 Å². The lowest BCUT2D eigenvalue weighted by molar-refractivity contribution is -0.138. The largest absolute Gasteiger partial charge is 0.481 e. The predicted molar refractivity (Wildman–Crippen MR) is 107 cm³/mol. The van der Waals surface area contributed by atoms with Crippen LogP contribution in [0.4, 0.5) is 0 Å². The number of carbonyl (C=O) groups is 1. The molecule has 0 aromatic heterocycles. The van der Waals surface area contributed by atoms with Crippen LogP contribution in [0.25, 0.3) is 0 Å². The van der Waals surface area contributed by atoms with Gasteiger partial charge in [-0.15, -0.1) is 0 Å². The van der Waals surface area contributed by atoms with E-state index in [4.69, 9.17) is 5.11 Å². The second kappa shape index (κ2) is 7.04. The summed E-state index contributed by atoms with van der Waals surface area (Å²) in [6.07, 6.45) is 12.4. The molecule has 0 spiro atoms. The van der Waals surface area contributed by atoms with Crippen molar-refractivity contribution in [2.45, 2.75) is 97.5 Å². The van der Waals surface area contributed by atoms with Crippen molar-refractivity contribution in [3.8, 4) is 0 Å². The van der Waals surface area contributed by atoms with Crippen molar-refractivity contribution in [1.29, 1.82) is 0 Å². The van der Waals surface area contributed by atoms with Crippen molar-refractivity contribution < 1.29 is 15.0 Å². The summed E-state index contributed by atoms with van der Waals surface area (Å²) in [5.74, 6) is 3.91. The number of carboxylic acids is 1. The Morgan fingerprint density at radius 3 is 2.44 bits per heavy atom. The molecule has 4 rings (SSSR count). The van der Waals surface area contributed by atoms with Gasteiger partial charge in [0.15, 0.2) is 0 Å². The van der Waals surface area contributed by atoms with E-state index in [-0.39, 0.29) is 6.10 Å². The van der Waals surface area contributed by atoms with Crippen LogP contribution in [0.3, 0.4) is 0 Å². The summed E-state index contributed by atoms with van der Waals surface area (Å²) >= 11 is 0. The summed E-state index contributed by atoms with van der Waals surface area (Å²) in [6, 6.07) is 0. The highest BCUT2D eigenvalue weighted by Crippen LogP contribution is 2.68. The van der Waals surface area contributed by atoms with Crippen molar-refractivity contribution in [2.75, 3.05) is 0 Å². The standard InChI is InChI=1S/C24H40O3/c1-15(4-9-22(26)27)19-7-8-20-18-6-5-16-14-17(25)10-12-23(16,2)21(18)11-13-24(19,20)3/h15-21,25H,4-14H2,1-3H3,(H,26,27)/t15-,16?,17-,18+,19-,20?,21?,23+,24-/m1/s1. The molecule has 0 radical (unpaired) electrons. The summed E-state index contributed by atoms with van der Waals surface area (Å²) in [7, 11) is 0. The molecule has 0 aliphatic heterocycles. The Kier molecular flexibility index (Phi) is 5.15. The minimum Gasteiger partial charge on any atom is -0.481 e. The molecular weight excluding hydrogens is 336 g/mol. The SMILES string of the molecule is C[C@H](CCC(=O)O)[C@H]1CCC2[C@@H]3CCC4C[C@H](O)CC[C@]4(C)C3CC[C@@]21C. The van der Waals surface area contributed by atoms with E-state index in [1.54, 1.807) is 0 Å². The Hall–Kier alpha value is -0.570. The Labute approximate surface area is 165 Å². The summed E-state index contributed by atoms with van der Waals surface area (Å²) in [5.41, 5.74) is 0.882. The van der Waals surface area contributed by atoms with Crippen molar-refractivity contribution in [1.82, 2.24) is 0 Å². The van der Waals surface area contributed by atoms with Gasteiger partial charge in [-0.25, -0.2) is 0 Å². The first-order valence-electron chi connectivity index (χ1n) is 11.7. The molecule has 4 aliphatic carbocycles. The maximum absolute atomic E-state index is 11.0. The number of hydrogen-bond donors (Lipinski definition) is 2. The fourth-order valence-corrected chi connectivity index (χ4v) is 8.76. The van der Waals surface area contributed by atoms with Gasteiger partial charge in [-0.05, 0) is 111 Å². The molecule has 4 aliphatic rings. The molecule has 9 atom stereocenters. The van der Waals surface area contributed by atoms with Gasteiger partial charge in [0.2, 0.25) is 0 Å². The zero-order chi connectivity index (χ0) is 19.4. The molecule has 154 valence electrons. The summed E-state index contributed by atoms with van der Waals surface area (Å²) in [6.45, 7) is 7.43. The molecule has 2 N–H and O–H groups in total. The van der Waals surface area contributed by atoms with Gasteiger partial charge < -0.3 is 10.2 Å². The molecule has 3 heteroatoms. The molecule has 0 aromatic rings. The highest BCUT2D eigenvalue weighted by atomic mass is 16.4. The number of hydrogen-bond acceptors (Lipinski definition) is 2. The Balaban J connectivity index is 1.51. The van der Waals surface area contributed by atoms with Crippen molar-refractivity contribution in [2.24, 2.45) is 46.3 Å². The lowest BCUT2D eigenvalue weighted by atomic mass is 9.44. The molecule has 0 saturated heterocycles. The molecule has 0 heterocycles. The molecule has 4 saturated carbocycles. The molecular formula is C24H40O3. The predicted octanol–water partition coefficient (Wildman–Crippen LogP) is 5.51. The van der Waals surface area contributed by atoms with Gasteiger partial charge in [0, 0.05) is 6.42 Å². The average molecular weight is 377 g/mol. The van der Waals surface area contributed by atoms with Crippen molar-refractivity contribution >= 4 is 5.97 Å². The van der Waals surface area contributed by atoms with E-state index in [1.165, 1.54) is 44.9 Å². The molecule has 0 aromatic carbocycles. The quantitative estimate of drug-likeness (QED) is 0.680. The van der Waals surface area contributed by atoms with Crippen LogP contribution in [0.2, 0.25) is 0 Å². The van der Waals surface area contributed by atoms with Gasteiger partial charge in [-0.2, -0.15) is 0 Å². The monoisotopic (exact) mass is 376 g/mol. The Morgan fingerprint density at radius 2 is 1.70 bits per heavy atom. The Bertz CT molecular complexity index is 574. The van der Waals surface area contributed by atoms with E-state index in [1.807, 2.05) is 0 Å². The molecule has 3 nitrogen and oxygen atoms in total. The van der Waals surface area contributed by atoms with Crippen LogP contribution in [0.1, 0.15) is 91.4 Å². The van der Waals surface area contributed by atoms with Gasteiger partial charge in [-0.3, -0.25) is 4.79 Å². The number of aliphatic hydroxyl groups is 1. The summed E-state index contributed by atoms with van der Waals surface area (Å²) in [5, 5.41) is 19.3. The Morgan fingerprint density at radius 1 is 1.00 bits per heavy atom. The smallest absolute Gasteiger partial charge is 0.303 e. The fraction of sp³-hybridized carbons (Fsp3) is 0.958.